The Balaban J connectivity index is 1.97. The molecule has 1 atom stereocenters. The fraction of sp³-hybridized carbons (Fsp3) is 0.286. The van der Waals surface area contributed by atoms with Gasteiger partial charge >= 0.3 is 0 Å². The standard InChI is InChI=1S/C14H15FO2/c15-14-3-1-11(2-4-14)7-13(9-16)8-12-5-6-17-10-12/h1-6,10,13,16H,7-9H2. The van der Waals surface area contributed by atoms with Gasteiger partial charge in [-0.1, -0.05) is 12.1 Å². The van der Waals surface area contributed by atoms with E-state index in [9.17, 15) is 9.50 Å². The molecule has 0 aliphatic carbocycles. The number of hydrogen-bond donors (Lipinski definition) is 1. The maximum atomic E-state index is 12.7. The topological polar surface area (TPSA) is 33.4 Å². The van der Waals surface area contributed by atoms with Crippen LogP contribution in [0.15, 0.2) is 47.3 Å². The molecular weight excluding hydrogens is 219 g/mol. The molecule has 1 heterocycles. The zero-order chi connectivity index (χ0) is 12.1. The Labute approximate surface area is 99.7 Å². The van der Waals surface area contributed by atoms with E-state index in [-0.39, 0.29) is 18.3 Å². The first-order valence-electron chi connectivity index (χ1n) is 5.64. The molecule has 2 nitrogen and oxygen atoms in total. The summed E-state index contributed by atoms with van der Waals surface area (Å²) in [4.78, 5) is 0. The van der Waals surface area contributed by atoms with Crippen LogP contribution in [-0.4, -0.2) is 11.7 Å². The summed E-state index contributed by atoms with van der Waals surface area (Å²) in [6.45, 7) is 0.114. The van der Waals surface area contributed by atoms with Crippen molar-refractivity contribution in [2.75, 3.05) is 6.61 Å². The Bertz CT molecular complexity index is 434. The molecule has 0 aliphatic heterocycles. The second-order valence-electron chi connectivity index (χ2n) is 4.21. The Morgan fingerprint density at radius 3 is 2.35 bits per heavy atom. The summed E-state index contributed by atoms with van der Waals surface area (Å²) < 4.78 is 17.7. The molecule has 3 heteroatoms. The van der Waals surface area contributed by atoms with Gasteiger partial charge in [0, 0.05) is 6.61 Å². The van der Waals surface area contributed by atoms with Crippen molar-refractivity contribution in [3.05, 3.63) is 59.8 Å². The summed E-state index contributed by atoms with van der Waals surface area (Å²) in [5, 5.41) is 9.34. The molecule has 1 aromatic heterocycles. The van der Waals surface area contributed by atoms with Crippen LogP contribution in [0.3, 0.4) is 0 Å². The molecule has 17 heavy (non-hydrogen) atoms. The first-order valence-corrected chi connectivity index (χ1v) is 5.64. The summed E-state index contributed by atoms with van der Waals surface area (Å²) in [7, 11) is 0. The highest BCUT2D eigenvalue weighted by Gasteiger charge is 2.10. The average molecular weight is 234 g/mol. The molecule has 0 spiro atoms. The predicted molar refractivity (Wildman–Crippen MR) is 63.1 cm³/mol. The second-order valence-corrected chi connectivity index (χ2v) is 4.21. The van der Waals surface area contributed by atoms with Gasteiger partial charge in [0.1, 0.15) is 5.82 Å². The van der Waals surface area contributed by atoms with Gasteiger partial charge in [-0.05, 0) is 48.1 Å². The molecule has 1 aromatic carbocycles. The number of aliphatic hydroxyl groups excluding tert-OH is 1. The van der Waals surface area contributed by atoms with E-state index in [1.165, 1.54) is 12.1 Å². The highest BCUT2D eigenvalue weighted by Crippen LogP contribution is 2.15. The Morgan fingerprint density at radius 1 is 1.06 bits per heavy atom. The highest BCUT2D eigenvalue weighted by atomic mass is 19.1. The summed E-state index contributed by atoms with van der Waals surface area (Å²) in [5.74, 6) is -0.0952. The van der Waals surface area contributed by atoms with Crippen molar-refractivity contribution in [1.82, 2.24) is 0 Å². The van der Waals surface area contributed by atoms with Crippen molar-refractivity contribution in [3.8, 4) is 0 Å². The highest BCUT2D eigenvalue weighted by molar-refractivity contribution is 5.17. The molecule has 0 fully saturated rings. The fourth-order valence-corrected chi connectivity index (χ4v) is 1.90. The Kier molecular flexibility index (Phi) is 3.94. The van der Waals surface area contributed by atoms with Crippen LogP contribution in [0.2, 0.25) is 0 Å². The van der Waals surface area contributed by atoms with Gasteiger partial charge in [0.2, 0.25) is 0 Å². The van der Waals surface area contributed by atoms with Crippen LogP contribution in [0.25, 0.3) is 0 Å². The molecule has 1 unspecified atom stereocenters. The van der Waals surface area contributed by atoms with Crippen LogP contribution >= 0.6 is 0 Å². The number of halogens is 1. The number of hydrogen-bond acceptors (Lipinski definition) is 2. The van der Waals surface area contributed by atoms with Crippen molar-refractivity contribution in [1.29, 1.82) is 0 Å². The smallest absolute Gasteiger partial charge is 0.123 e. The van der Waals surface area contributed by atoms with Crippen molar-refractivity contribution in [3.63, 3.8) is 0 Å². The zero-order valence-corrected chi connectivity index (χ0v) is 9.47. The first kappa shape index (κ1) is 11.9. The van der Waals surface area contributed by atoms with Crippen molar-refractivity contribution < 1.29 is 13.9 Å². The molecule has 1 N–H and O–H groups in total. The van der Waals surface area contributed by atoms with Crippen LogP contribution in [0, 0.1) is 11.7 Å². The molecule has 0 aliphatic rings. The maximum Gasteiger partial charge on any atom is 0.123 e. The minimum atomic E-state index is -0.232. The van der Waals surface area contributed by atoms with Crippen LogP contribution in [0.5, 0.6) is 0 Å². The molecular formula is C14H15FO2. The van der Waals surface area contributed by atoms with E-state index in [0.717, 1.165) is 24.0 Å². The van der Waals surface area contributed by atoms with Gasteiger partial charge in [-0.15, -0.1) is 0 Å². The summed E-state index contributed by atoms with van der Waals surface area (Å²) in [5.41, 5.74) is 2.11. The van der Waals surface area contributed by atoms with E-state index in [1.54, 1.807) is 24.7 Å². The maximum absolute atomic E-state index is 12.7. The second kappa shape index (κ2) is 5.64. The number of aliphatic hydroxyl groups is 1. The van der Waals surface area contributed by atoms with Crippen molar-refractivity contribution in [2.24, 2.45) is 5.92 Å². The first-order chi connectivity index (χ1) is 8.28. The minimum absolute atomic E-state index is 0.114. The lowest BCUT2D eigenvalue weighted by atomic mass is 9.94. The average Bonchev–Trinajstić information content (AvgIpc) is 2.84. The molecule has 2 rings (SSSR count). The van der Waals surface area contributed by atoms with Gasteiger partial charge in [-0.3, -0.25) is 0 Å². The lowest BCUT2D eigenvalue weighted by Crippen LogP contribution is -2.12. The third-order valence-electron chi connectivity index (χ3n) is 2.80. The molecule has 0 amide bonds. The fourth-order valence-electron chi connectivity index (χ4n) is 1.90. The van der Waals surface area contributed by atoms with Gasteiger partial charge in [0.05, 0.1) is 12.5 Å². The van der Waals surface area contributed by atoms with Gasteiger partial charge in [-0.25, -0.2) is 4.39 Å². The van der Waals surface area contributed by atoms with Gasteiger partial charge in [-0.2, -0.15) is 0 Å². The normalized spacial score (nSPS) is 12.6. The molecule has 0 saturated carbocycles. The lowest BCUT2D eigenvalue weighted by Gasteiger charge is -2.12. The summed E-state index contributed by atoms with van der Waals surface area (Å²) in [6.07, 6.45) is 4.82. The Hall–Kier alpha value is -1.61. The van der Waals surface area contributed by atoms with Crippen LogP contribution in [-0.2, 0) is 12.8 Å². The SMILES string of the molecule is OCC(Cc1ccc(F)cc1)Cc1ccoc1. The zero-order valence-electron chi connectivity index (χ0n) is 9.47. The molecule has 0 saturated heterocycles. The third-order valence-corrected chi connectivity index (χ3v) is 2.80. The van der Waals surface area contributed by atoms with E-state index in [0.29, 0.717) is 0 Å². The number of furan rings is 1. The Morgan fingerprint density at radius 2 is 1.76 bits per heavy atom. The number of rotatable bonds is 5. The molecule has 90 valence electrons. The quantitative estimate of drug-likeness (QED) is 0.863. The van der Waals surface area contributed by atoms with E-state index in [4.69, 9.17) is 4.42 Å². The third kappa shape index (κ3) is 3.43. The van der Waals surface area contributed by atoms with Crippen LogP contribution < -0.4 is 0 Å². The van der Waals surface area contributed by atoms with Crippen LogP contribution in [0.4, 0.5) is 4.39 Å². The van der Waals surface area contributed by atoms with Crippen LogP contribution in [0.1, 0.15) is 11.1 Å². The van der Waals surface area contributed by atoms with Gasteiger partial charge in [0.15, 0.2) is 0 Å². The van der Waals surface area contributed by atoms with Gasteiger partial charge in [0.25, 0.3) is 0 Å². The molecule has 0 radical (unpaired) electrons. The predicted octanol–water partition coefficient (Wildman–Crippen LogP) is 2.81. The van der Waals surface area contributed by atoms with E-state index in [2.05, 4.69) is 0 Å². The van der Waals surface area contributed by atoms with Crippen molar-refractivity contribution >= 4 is 0 Å². The largest absolute Gasteiger partial charge is 0.472 e. The minimum Gasteiger partial charge on any atom is -0.472 e. The molecule has 0 bridgehead atoms. The summed E-state index contributed by atoms with van der Waals surface area (Å²) >= 11 is 0. The van der Waals surface area contributed by atoms with Crippen molar-refractivity contribution in [2.45, 2.75) is 12.8 Å². The van der Waals surface area contributed by atoms with E-state index in [1.807, 2.05) is 6.07 Å². The lowest BCUT2D eigenvalue weighted by molar-refractivity contribution is 0.225. The van der Waals surface area contributed by atoms with Gasteiger partial charge < -0.3 is 9.52 Å². The van der Waals surface area contributed by atoms with E-state index >= 15 is 0 Å². The number of benzene rings is 1. The van der Waals surface area contributed by atoms with E-state index < -0.39 is 0 Å². The molecule has 2 aromatic rings. The summed E-state index contributed by atoms with van der Waals surface area (Å²) in [6, 6.07) is 8.30. The monoisotopic (exact) mass is 234 g/mol.